The second-order valence-electron chi connectivity index (χ2n) is 9.02. The van der Waals surface area contributed by atoms with Gasteiger partial charge >= 0.3 is 18.2 Å². The van der Waals surface area contributed by atoms with Crippen molar-refractivity contribution in [1.82, 2.24) is 19.6 Å². The van der Waals surface area contributed by atoms with Crippen LogP contribution in [0, 0.1) is 0 Å². The predicted octanol–water partition coefficient (Wildman–Crippen LogP) is 3.76. The molecule has 0 bridgehead atoms. The molecule has 2 saturated heterocycles. The summed E-state index contributed by atoms with van der Waals surface area (Å²) < 4.78 is 41.3. The summed E-state index contributed by atoms with van der Waals surface area (Å²) >= 11 is 0. The second-order valence-corrected chi connectivity index (χ2v) is 9.02. The van der Waals surface area contributed by atoms with Crippen molar-refractivity contribution >= 4 is 17.7 Å². The van der Waals surface area contributed by atoms with Gasteiger partial charge in [0.25, 0.3) is 0 Å². The molecule has 2 aliphatic heterocycles. The van der Waals surface area contributed by atoms with E-state index in [-0.39, 0.29) is 17.8 Å². The number of alkyl halides is 3. The van der Waals surface area contributed by atoms with E-state index in [0.717, 1.165) is 29.2 Å². The van der Waals surface area contributed by atoms with E-state index >= 15 is 0 Å². The summed E-state index contributed by atoms with van der Waals surface area (Å²) in [6.07, 6.45) is -1.20. The predicted molar refractivity (Wildman–Crippen MR) is 119 cm³/mol. The van der Waals surface area contributed by atoms with Crippen molar-refractivity contribution in [2.75, 3.05) is 31.1 Å². The van der Waals surface area contributed by atoms with Gasteiger partial charge < -0.3 is 14.9 Å². The number of carbonyl (C=O) groups excluding carboxylic acids is 1. The third-order valence-corrected chi connectivity index (χ3v) is 6.68. The average Bonchev–Trinajstić information content (AvgIpc) is 3.41. The average molecular weight is 480 g/mol. The summed E-state index contributed by atoms with van der Waals surface area (Å²) in [6, 6.07) is 5.18. The van der Waals surface area contributed by atoms with E-state index in [4.69, 9.17) is 5.11 Å². The van der Waals surface area contributed by atoms with Gasteiger partial charge in [0.15, 0.2) is 5.69 Å². The number of aromatic carboxylic acids is 1. The van der Waals surface area contributed by atoms with Gasteiger partial charge in [-0.05, 0) is 50.5 Å². The van der Waals surface area contributed by atoms with Gasteiger partial charge in [-0.25, -0.2) is 9.59 Å². The van der Waals surface area contributed by atoms with Gasteiger partial charge in [-0.3, -0.25) is 4.90 Å². The molecule has 184 valence electrons. The molecule has 8 nitrogen and oxygen atoms in total. The molecule has 1 amide bonds. The third kappa shape index (κ3) is 4.89. The van der Waals surface area contributed by atoms with Gasteiger partial charge in [0, 0.05) is 56.7 Å². The second kappa shape index (κ2) is 9.28. The van der Waals surface area contributed by atoms with Crippen molar-refractivity contribution in [3.8, 4) is 0 Å². The van der Waals surface area contributed by atoms with Gasteiger partial charge in [-0.1, -0.05) is 6.07 Å². The number of anilines is 1. The van der Waals surface area contributed by atoms with Crippen LogP contribution in [-0.4, -0.2) is 74.9 Å². The van der Waals surface area contributed by atoms with Crippen molar-refractivity contribution in [2.24, 2.45) is 0 Å². The maximum absolute atomic E-state index is 13.4. The van der Waals surface area contributed by atoms with Crippen molar-refractivity contribution in [3.63, 3.8) is 0 Å². The molecule has 0 aliphatic carbocycles. The number of carboxylic acid groups (broad SMARTS) is 1. The Labute approximate surface area is 195 Å². The zero-order valence-electron chi connectivity index (χ0n) is 19.1. The zero-order chi connectivity index (χ0) is 24.6. The van der Waals surface area contributed by atoms with Crippen molar-refractivity contribution < 1.29 is 27.9 Å². The number of hydrogen-bond donors (Lipinski definition) is 1. The molecule has 1 aromatic carbocycles. The Morgan fingerprint density at radius 3 is 2.26 bits per heavy atom. The monoisotopic (exact) mass is 479 g/mol. The summed E-state index contributed by atoms with van der Waals surface area (Å²) in [4.78, 5) is 29.4. The van der Waals surface area contributed by atoms with E-state index in [1.165, 1.54) is 18.3 Å². The fraction of sp³-hybridized carbons (Fsp3) is 0.522. The lowest BCUT2D eigenvalue weighted by Crippen LogP contribution is -2.49. The highest BCUT2D eigenvalue weighted by Gasteiger charge is 2.35. The van der Waals surface area contributed by atoms with Crippen molar-refractivity contribution in [2.45, 2.75) is 51.5 Å². The zero-order valence-corrected chi connectivity index (χ0v) is 19.1. The number of rotatable bonds is 4. The number of nitrogens with zero attached hydrogens (tertiary/aromatic N) is 5. The molecule has 0 radical (unpaired) electrons. The van der Waals surface area contributed by atoms with Gasteiger partial charge in [-0.15, -0.1) is 0 Å². The number of halogens is 3. The summed E-state index contributed by atoms with van der Waals surface area (Å²) in [5.41, 5.74) is 0.621. The normalized spacial score (nSPS) is 21.8. The van der Waals surface area contributed by atoms with Crippen LogP contribution in [-0.2, 0) is 12.7 Å². The van der Waals surface area contributed by atoms with Crippen LogP contribution >= 0.6 is 0 Å². The molecule has 2 unspecified atom stereocenters. The van der Waals surface area contributed by atoms with Crippen LogP contribution in [0.4, 0.5) is 23.7 Å². The van der Waals surface area contributed by atoms with Gasteiger partial charge in [0.1, 0.15) is 0 Å². The SMILES string of the molecule is CC1CCC(C)N1c1cc(C(F)(F)F)ccc1CN1CCN(C(=O)n2ccc(C(=O)O)n2)CC1. The molecule has 2 atom stereocenters. The molecular formula is C23H28F3N5O3. The molecule has 3 heterocycles. The molecule has 0 spiro atoms. The van der Waals surface area contributed by atoms with E-state index in [9.17, 15) is 22.8 Å². The van der Waals surface area contributed by atoms with Crippen LogP contribution in [0.5, 0.6) is 0 Å². The summed E-state index contributed by atoms with van der Waals surface area (Å²) in [7, 11) is 0. The van der Waals surface area contributed by atoms with E-state index in [1.807, 2.05) is 13.8 Å². The Morgan fingerprint density at radius 1 is 1.06 bits per heavy atom. The molecule has 1 N–H and O–H groups in total. The van der Waals surface area contributed by atoms with Gasteiger partial charge in [0.2, 0.25) is 0 Å². The summed E-state index contributed by atoms with van der Waals surface area (Å²) in [5.74, 6) is -1.20. The Hall–Kier alpha value is -3.08. The topological polar surface area (TPSA) is 81.9 Å². The minimum Gasteiger partial charge on any atom is -0.476 e. The highest BCUT2D eigenvalue weighted by Crippen LogP contribution is 2.38. The minimum atomic E-state index is -4.40. The fourth-order valence-electron chi connectivity index (χ4n) is 4.81. The van der Waals surface area contributed by atoms with E-state index in [1.54, 1.807) is 11.0 Å². The first-order valence-corrected chi connectivity index (χ1v) is 11.3. The molecule has 34 heavy (non-hydrogen) atoms. The number of benzene rings is 1. The van der Waals surface area contributed by atoms with E-state index in [2.05, 4.69) is 14.9 Å². The maximum atomic E-state index is 13.4. The quantitative estimate of drug-likeness (QED) is 0.719. The Morgan fingerprint density at radius 2 is 1.71 bits per heavy atom. The van der Waals surface area contributed by atoms with E-state index in [0.29, 0.717) is 38.4 Å². The molecule has 2 aromatic rings. The Bertz CT molecular complexity index is 1050. The summed E-state index contributed by atoms with van der Waals surface area (Å²) in [6.45, 7) is 6.48. The minimum absolute atomic E-state index is 0.163. The summed E-state index contributed by atoms with van der Waals surface area (Å²) in [5, 5.41) is 12.8. The number of hydrogen-bond acceptors (Lipinski definition) is 5. The van der Waals surface area contributed by atoms with Crippen molar-refractivity contribution in [1.29, 1.82) is 0 Å². The van der Waals surface area contributed by atoms with Crippen molar-refractivity contribution in [3.05, 3.63) is 47.3 Å². The van der Waals surface area contributed by atoms with Crippen LogP contribution in [0.15, 0.2) is 30.5 Å². The molecule has 1 aromatic heterocycles. The molecule has 0 saturated carbocycles. The Kier molecular flexibility index (Phi) is 6.57. The van der Waals surface area contributed by atoms with Crippen LogP contribution in [0.2, 0.25) is 0 Å². The van der Waals surface area contributed by atoms with E-state index < -0.39 is 23.7 Å². The lowest BCUT2D eigenvalue weighted by atomic mass is 10.0. The van der Waals surface area contributed by atoms with Gasteiger partial charge in [0.05, 0.1) is 5.56 Å². The molecule has 2 fully saturated rings. The number of carbonyl (C=O) groups is 2. The molecular weight excluding hydrogens is 451 g/mol. The Balaban J connectivity index is 1.47. The molecule has 11 heteroatoms. The number of piperazine rings is 1. The van der Waals surface area contributed by atoms with Crippen LogP contribution in [0.3, 0.4) is 0 Å². The first kappa shape index (κ1) is 24.1. The number of carboxylic acids is 1. The third-order valence-electron chi connectivity index (χ3n) is 6.68. The lowest BCUT2D eigenvalue weighted by Gasteiger charge is -2.36. The highest BCUT2D eigenvalue weighted by atomic mass is 19.4. The van der Waals surface area contributed by atoms with Crippen LogP contribution in [0.25, 0.3) is 0 Å². The highest BCUT2D eigenvalue weighted by molar-refractivity contribution is 5.86. The largest absolute Gasteiger partial charge is 0.476 e. The molecule has 4 rings (SSSR count). The fourth-order valence-corrected chi connectivity index (χ4v) is 4.81. The van der Waals surface area contributed by atoms with Crippen LogP contribution in [0.1, 0.15) is 48.3 Å². The smallest absolute Gasteiger partial charge is 0.416 e. The number of aromatic nitrogens is 2. The van der Waals surface area contributed by atoms with Crippen LogP contribution < -0.4 is 4.90 Å². The standard InChI is InChI=1S/C23H28F3N5O3/c1-15-3-4-16(2)31(15)20-13-18(23(24,25)26)6-5-17(20)14-28-9-11-29(12-10-28)22(34)30-8-7-19(27-30)21(32)33/h5-8,13,15-16H,3-4,9-12,14H2,1-2H3,(H,32,33). The van der Waals surface area contributed by atoms with Gasteiger partial charge in [-0.2, -0.15) is 23.0 Å². The first-order chi connectivity index (χ1) is 16.0. The first-order valence-electron chi connectivity index (χ1n) is 11.3. The molecule has 2 aliphatic rings. The maximum Gasteiger partial charge on any atom is 0.416 e. The number of amides is 1. The lowest BCUT2D eigenvalue weighted by molar-refractivity contribution is -0.137.